The second-order valence-electron chi connectivity index (χ2n) is 39.7. The summed E-state index contributed by atoms with van der Waals surface area (Å²) in [6.45, 7) is 14.9. The van der Waals surface area contributed by atoms with E-state index in [1.165, 1.54) is 152 Å². The first-order valence-corrected chi connectivity index (χ1v) is 55.1. The molecule has 0 spiro atoms. The van der Waals surface area contributed by atoms with Gasteiger partial charge in [0.05, 0.1) is 17.1 Å². The van der Waals surface area contributed by atoms with E-state index in [2.05, 4.69) is 527 Å². The maximum absolute atomic E-state index is 6.84. The number of fused-ring (bicyclic) bond motifs is 21. The van der Waals surface area contributed by atoms with Crippen molar-refractivity contribution in [3.8, 4) is 55.6 Å². The highest BCUT2D eigenvalue weighted by Crippen LogP contribution is 2.56. The van der Waals surface area contributed by atoms with Crippen molar-refractivity contribution >= 4 is 214 Å². The van der Waals surface area contributed by atoms with Crippen LogP contribution in [0, 0.1) is 0 Å². The van der Waals surface area contributed by atoms with E-state index in [4.69, 9.17) is 8.83 Å². The van der Waals surface area contributed by atoms with Crippen molar-refractivity contribution in [2.75, 3.05) is 19.6 Å². The third-order valence-electron chi connectivity index (χ3n) is 30.8. The predicted molar refractivity (Wildman–Crippen MR) is 604 cm³/mol. The number of hydrogen-bond donors (Lipinski definition) is 0. The van der Waals surface area contributed by atoms with Crippen molar-refractivity contribution in [3.63, 3.8) is 0 Å². The van der Waals surface area contributed by atoms with Crippen molar-refractivity contribution in [1.29, 1.82) is 0 Å². The van der Waals surface area contributed by atoms with E-state index in [1.807, 2.05) is 6.07 Å². The van der Waals surface area contributed by atoms with Gasteiger partial charge in [-0.1, -0.05) is 349 Å². The standard InChI is InChI=1S/C71H52N2OSi.C62H44N2OSi/c1-71(2)61-32-16-13-27-51(61)52-39-37-47(41-62(52)71)72(46-23-9-6-10-24-46)65-44-59-56-30-20-36-67-69(56)60(43-58(59)50-26-11-12-28-53(50)65)55-40-38-48(42-68(55)75(67,3)4)73(63-33-17-14-25-49(63)45-21-7-5-8-22-45)64-34-19-31-57-54-29-15-18-35-66(54)74-70(57)64;1-66(2)60-28-16-26-52-55-39-53(41-29-31-45(32-30-41)63(42-17-6-3-7-18-42)43-19-8-4-9-20-43)48-23-12-13-24-49(48)54(55)40-57(62(52)60)51-35-33-47(38-61(51)66)64(44-21-10-5-11-22-44)46-34-36-59-56(37-46)50-25-14-15-27-58(50)65-59/h5-44H,1-4H3;3-40H,1-2H3. The van der Waals surface area contributed by atoms with Crippen LogP contribution in [0.1, 0.15) is 25.0 Å². The van der Waals surface area contributed by atoms with Crippen LogP contribution in [0.15, 0.2) is 482 Å². The van der Waals surface area contributed by atoms with Gasteiger partial charge in [-0.05, 0) is 305 Å². The molecule has 0 saturated heterocycles. The van der Waals surface area contributed by atoms with Crippen LogP contribution in [0.5, 0.6) is 0 Å². The second-order valence-corrected chi connectivity index (χ2v) is 48.3. The van der Waals surface area contributed by atoms with Gasteiger partial charge in [0, 0.05) is 89.1 Å². The lowest BCUT2D eigenvalue weighted by atomic mass is 9.82. The van der Waals surface area contributed by atoms with E-state index in [0.29, 0.717) is 0 Å². The molecule has 0 saturated carbocycles. The molecule has 0 amide bonds. The Morgan fingerprint density at radius 3 is 1.16 bits per heavy atom. The van der Waals surface area contributed by atoms with Crippen LogP contribution in [0.25, 0.3) is 164 Å². The molecule has 25 aromatic rings. The van der Waals surface area contributed by atoms with Crippen LogP contribution in [0.3, 0.4) is 0 Å². The minimum atomic E-state index is -2.39. The lowest BCUT2D eigenvalue weighted by Gasteiger charge is -2.36. The molecule has 141 heavy (non-hydrogen) atoms. The molecule has 6 nitrogen and oxygen atoms in total. The minimum absolute atomic E-state index is 0.131. The molecular weight excluding hydrogens is 1740 g/mol. The van der Waals surface area contributed by atoms with Gasteiger partial charge >= 0.3 is 0 Å². The molecule has 0 unspecified atom stereocenters. The second kappa shape index (κ2) is 32.5. The average Bonchev–Trinajstić information content (AvgIpc) is 1.45. The Labute approximate surface area is 821 Å². The van der Waals surface area contributed by atoms with E-state index in [-0.39, 0.29) is 5.41 Å². The quantitative estimate of drug-likeness (QED) is 0.0798. The van der Waals surface area contributed by atoms with Gasteiger partial charge in [0.1, 0.15) is 32.9 Å². The van der Waals surface area contributed by atoms with Gasteiger partial charge < -0.3 is 28.4 Å². The van der Waals surface area contributed by atoms with Gasteiger partial charge in [-0.25, -0.2) is 0 Å². The Morgan fingerprint density at radius 1 is 0.184 bits per heavy atom. The SMILES string of the molecule is CC1(C)c2ccccc2-c2ccc(N(c3ccccc3)c3cc4c5cccc6c5c(cc4c4ccccc34)-c3ccc(N(c4ccccc4-c4ccccc4)c4cccc5c4oc4ccccc45)cc3[Si]6(C)C)cc21.C[Si]1(C)c2cc(N(c3ccccc3)c3ccc4oc5ccccc5c4c3)ccc2-c2cc3c4ccccc4c(-c4ccc(N(c5ccccc5)c5ccccc5)cc4)cc3c3cccc1c23. The highest BCUT2D eigenvalue weighted by atomic mass is 28.3. The normalized spacial score (nSPS) is 13.3. The number of benzene rings is 23. The zero-order valence-corrected chi connectivity index (χ0v) is 81.1. The third kappa shape index (κ3) is 13.2. The first-order valence-electron chi connectivity index (χ1n) is 49.1. The van der Waals surface area contributed by atoms with Crippen LogP contribution >= 0.6 is 0 Å². The van der Waals surface area contributed by atoms with Crippen molar-refractivity contribution < 1.29 is 8.83 Å². The van der Waals surface area contributed by atoms with Crippen molar-refractivity contribution in [1.82, 2.24) is 0 Å². The zero-order chi connectivity index (χ0) is 94.1. The molecule has 1 aliphatic carbocycles. The van der Waals surface area contributed by atoms with Gasteiger partial charge in [0.15, 0.2) is 5.58 Å². The minimum Gasteiger partial charge on any atom is -0.456 e. The smallest absolute Gasteiger partial charge is 0.159 e. The van der Waals surface area contributed by atoms with Crippen LogP contribution in [-0.2, 0) is 5.41 Å². The fraction of sp³-hybridized carbons (Fsp3) is 0.0526. The fourth-order valence-corrected chi connectivity index (χ4v) is 30.3. The molecule has 28 rings (SSSR count). The van der Waals surface area contributed by atoms with E-state index < -0.39 is 16.1 Å². The summed E-state index contributed by atoms with van der Waals surface area (Å²) >= 11 is 0. The van der Waals surface area contributed by atoms with E-state index in [9.17, 15) is 0 Å². The number of furan rings is 2. The summed E-state index contributed by atoms with van der Waals surface area (Å²) in [7, 11) is -4.64. The molecular formula is C133H96N4O2Si2. The lowest BCUT2D eigenvalue weighted by Crippen LogP contribution is -2.56. The summed E-state index contributed by atoms with van der Waals surface area (Å²) in [5.41, 5.74) is 32.3. The third-order valence-corrected chi connectivity index (χ3v) is 37.9. The molecule has 0 fully saturated rings. The molecule has 8 heteroatoms. The predicted octanol–water partition coefficient (Wildman–Crippen LogP) is 35.2. The molecule has 0 N–H and O–H groups in total. The topological polar surface area (TPSA) is 39.2 Å². The molecule has 3 aliphatic rings. The first kappa shape index (κ1) is 83.2. The maximum Gasteiger partial charge on any atom is 0.159 e. The number of anilines is 12. The van der Waals surface area contributed by atoms with E-state index in [1.54, 1.807) is 0 Å². The average molecular weight is 1840 g/mol. The molecule has 0 radical (unpaired) electrons. The van der Waals surface area contributed by atoms with Gasteiger partial charge in [-0.15, -0.1) is 0 Å². The maximum atomic E-state index is 6.84. The largest absolute Gasteiger partial charge is 0.456 e. The summed E-state index contributed by atoms with van der Waals surface area (Å²) in [5.74, 6) is 0. The highest BCUT2D eigenvalue weighted by Gasteiger charge is 2.41. The Hall–Kier alpha value is -17.1. The molecule has 23 aromatic carbocycles. The molecule has 668 valence electrons. The lowest BCUT2D eigenvalue weighted by molar-refractivity contribution is 0.660. The van der Waals surface area contributed by atoms with Crippen LogP contribution < -0.4 is 40.3 Å². The molecule has 2 aromatic heterocycles. The summed E-state index contributed by atoms with van der Waals surface area (Å²) < 4.78 is 13.1. The van der Waals surface area contributed by atoms with E-state index in [0.717, 1.165) is 112 Å². The van der Waals surface area contributed by atoms with Crippen LogP contribution in [-0.4, -0.2) is 16.1 Å². The Bertz CT molecular complexity index is 9380. The van der Waals surface area contributed by atoms with Gasteiger partial charge in [-0.3, -0.25) is 0 Å². The number of hydrogen-bond acceptors (Lipinski definition) is 6. The summed E-state index contributed by atoms with van der Waals surface area (Å²) in [5, 5.41) is 25.8. The summed E-state index contributed by atoms with van der Waals surface area (Å²) in [6, 6.07) is 174. The van der Waals surface area contributed by atoms with Crippen molar-refractivity contribution in [2.24, 2.45) is 0 Å². The van der Waals surface area contributed by atoms with Crippen LogP contribution in [0.2, 0.25) is 26.2 Å². The fourth-order valence-electron chi connectivity index (χ4n) is 24.1. The van der Waals surface area contributed by atoms with Gasteiger partial charge in [0.2, 0.25) is 0 Å². The van der Waals surface area contributed by atoms with Crippen molar-refractivity contribution in [2.45, 2.75) is 45.5 Å². The monoisotopic (exact) mass is 1840 g/mol. The van der Waals surface area contributed by atoms with Gasteiger partial charge in [0.25, 0.3) is 0 Å². The zero-order valence-electron chi connectivity index (χ0n) is 79.1. The molecule has 4 heterocycles. The number of nitrogens with zero attached hydrogens (tertiary/aromatic N) is 4. The Morgan fingerprint density at radius 2 is 0.560 bits per heavy atom. The van der Waals surface area contributed by atoms with Crippen LogP contribution in [0.4, 0.5) is 68.2 Å². The number of rotatable bonds is 14. The number of para-hydroxylation sites is 8. The Balaban J connectivity index is 0.000000142. The molecule has 0 atom stereocenters. The summed E-state index contributed by atoms with van der Waals surface area (Å²) in [4.78, 5) is 9.68. The van der Waals surface area contributed by atoms with Gasteiger partial charge in [-0.2, -0.15) is 0 Å². The molecule has 2 aliphatic heterocycles. The Kier molecular flexibility index (Phi) is 19.2. The highest BCUT2D eigenvalue weighted by molar-refractivity contribution is 7.04. The first-order chi connectivity index (χ1) is 69.2. The van der Waals surface area contributed by atoms with Crippen molar-refractivity contribution in [3.05, 3.63) is 484 Å². The molecule has 0 bridgehead atoms. The van der Waals surface area contributed by atoms with E-state index >= 15 is 0 Å². The summed E-state index contributed by atoms with van der Waals surface area (Å²) in [6.07, 6.45) is 0.